The summed E-state index contributed by atoms with van der Waals surface area (Å²) in [6.45, 7) is 1.33. The van der Waals surface area contributed by atoms with E-state index in [0.29, 0.717) is 5.02 Å². The molecule has 0 aliphatic heterocycles. The predicted octanol–water partition coefficient (Wildman–Crippen LogP) is 3.04. The zero-order chi connectivity index (χ0) is 9.14. The summed E-state index contributed by atoms with van der Waals surface area (Å²) in [5.74, 6) is 0. The molecule has 0 unspecified atom stereocenters. The van der Waals surface area contributed by atoms with Crippen molar-refractivity contribution < 1.29 is 4.39 Å². The summed E-state index contributed by atoms with van der Waals surface area (Å²) in [7, 11) is 0. The summed E-state index contributed by atoms with van der Waals surface area (Å²) in [6.07, 6.45) is 0. The minimum absolute atomic E-state index is 0. The van der Waals surface area contributed by atoms with Gasteiger partial charge in [0.2, 0.25) is 0 Å². The fraction of sp³-hybridized carbons (Fsp3) is 0.333. The highest BCUT2D eigenvalue weighted by Gasteiger charge is 2.05. The number of hydrogen-bond acceptors (Lipinski definition) is 1. The topological polar surface area (TPSA) is 26.0 Å². The number of hydrogen-bond donors (Lipinski definition) is 1. The van der Waals surface area contributed by atoms with Crippen LogP contribution in [0.4, 0.5) is 4.39 Å². The Morgan fingerprint density at radius 2 is 2.15 bits per heavy atom. The van der Waals surface area contributed by atoms with E-state index < -0.39 is 12.7 Å². The smallest absolute Gasteiger partial charge is 0.109 e. The van der Waals surface area contributed by atoms with Crippen molar-refractivity contribution >= 4 is 24.0 Å². The average molecular weight is 224 g/mol. The number of benzene rings is 1. The van der Waals surface area contributed by atoms with Crippen molar-refractivity contribution in [3.8, 4) is 0 Å². The van der Waals surface area contributed by atoms with Gasteiger partial charge >= 0.3 is 0 Å². The normalized spacial score (nSPS) is 12.0. The number of alkyl halides is 1. The molecule has 1 rings (SSSR count). The van der Waals surface area contributed by atoms with Crippen LogP contribution in [0.5, 0.6) is 0 Å². The van der Waals surface area contributed by atoms with E-state index in [4.69, 9.17) is 17.3 Å². The van der Waals surface area contributed by atoms with Crippen LogP contribution in [0.1, 0.15) is 17.2 Å². The SMILES string of the molecule is Cc1cc([C@H](N)CF)ccc1Cl.Cl. The Balaban J connectivity index is 0.00000144. The van der Waals surface area contributed by atoms with Crippen LogP contribution in [0.15, 0.2) is 18.2 Å². The molecule has 1 atom stereocenters. The molecule has 4 heteroatoms. The zero-order valence-electron chi connectivity index (χ0n) is 7.26. The van der Waals surface area contributed by atoms with Crippen molar-refractivity contribution in [3.05, 3.63) is 34.3 Å². The van der Waals surface area contributed by atoms with Crippen molar-refractivity contribution in [3.63, 3.8) is 0 Å². The Morgan fingerprint density at radius 3 is 2.62 bits per heavy atom. The molecule has 0 aliphatic rings. The van der Waals surface area contributed by atoms with Gasteiger partial charge in [0.25, 0.3) is 0 Å². The summed E-state index contributed by atoms with van der Waals surface area (Å²) in [5, 5.41) is 0.685. The van der Waals surface area contributed by atoms with Gasteiger partial charge in [-0.15, -0.1) is 12.4 Å². The first kappa shape index (κ1) is 12.7. The molecule has 0 amide bonds. The minimum Gasteiger partial charge on any atom is -0.322 e. The molecule has 0 bridgehead atoms. The fourth-order valence-electron chi connectivity index (χ4n) is 0.988. The molecule has 2 N–H and O–H groups in total. The van der Waals surface area contributed by atoms with Gasteiger partial charge in [0, 0.05) is 5.02 Å². The third-order valence-electron chi connectivity index (χ3n) is 1.78. The van der Waals surface area contributed by atoms with Crippen molar-refractivity contribution in [2.45, 2.75) is 13.0 Å². The first-order valence-electron chi connectivity index (χ1n) is 3.72. The molecule has 74 valence electrons. The van der Waals surface area contributed by atoms with Crippen LogP contribution in [-0.2, 0) is 0 Å². The summed E-state index contributed by atoms with van der Waals surface area (Å²) in [6, 6.07) is 4.77. The molecule has 13 heavy (non-hydrogen) atoms. The highest BCUT2D eigenvalue weighted by atomic mass is 35.5. The van der Waals surface area contributed by atoms with E-state index in [9.17, 15) is 4.39 Å². The maximum atomic E-state index is 12.1. The van der Waals surface area contributed by atoms with Crippen molar-refractivity contribution in [2.75, 3.05) is 6.67 Å². The lowest BCUT2D eigenvalue weighted by atomic mass is 10.1. The number of aryl methyl sites for hydroxylation is 1. The average Bonchev–Trinajstić information content (AvgIpc) is 2.08. The van der Waals surface area contributed by atoms with Crippen LogP contribution >= 0.6 is 24.0 Å². The Morgan fingerprint density at radius 1 is 1.54 bits per heavy atom. The Labute approximate surface area is 88.5 Å². The molecular formula is C9H12Cl2FN. The minimum atomic E-state index is -0.541. The summed E-state index contributed by atoms with van der Waals surface area (Å²) in [4.78, 5) is 0. The van der Waals surface area contributed by atoms with Gasteiger partial charge in [-0.3, -0.25) is 0 Å². The van der Waals surface area contributed by atoms with Crippen molar-refractivity contribution in [1.82, 2.24) is 0 Å². The number of nitrogens with two attached hydrogens (primary N) is 1. The van der Waals surface area contributed by atoms with Gasteiger partial charge in [0.1, 0.15) is 6.67 Å². The molecule has 0 saturated heterocycles. The predicted molar refractivity (Wildman–Crippen MR) is 56.3 cm³/mol. The van der Waals surface area contributed by atoms with E-state index in [-0.39, 0.29) is 12.4 Å². The maximum Gasteiger partial charge on any atom is 0.109 e. The molecule has 0 aromatic heterocycles. The zero-order valence-corrected chi connectivity index (χ0v) is 8.83. The van der Waals surface area contributed by atoms with Crippen LogP contribution in [0.2, 0.25) is 5.02 Å². The summed E-state index contributed by atoms with van der Waals surface area (Å²) in [5.41, 5.74) is 7.22. The Kier molecular flexibility index (Phi) is 5.30. The van der Waals surface area contributed by atoms with Crippen LogP contribution in [-0.4, -0.2) is 6.67 Å². The fourth-order valence-corrected chi connectivity index (χ4v) is 1.11. The first-order chi connectivity index (χ1) is 5.65. The lowest BCUT2D eigenvalue weighted by Crippen LogP contribution is -2.12. The first-order valence-corrected chi connectivity index (χ1v) is 4.10. The monoisotopic (exact) mass is 223 g/mol. The molecule has 1 aromatic rings. The van der Waals surface area contributed by atoms with E-state index in [1.165, 1.54) is 0 Å². The molecule has 0 spiro atoms. The summed E-state index contributed by atoms with van der Waals surface area (Å²) >= 11 is 5.79. The van der Waals surface area contributed by atoms with Gasteiger partial charge in [-0.2, -0.15) is 0 Å². The van der Waals surface area contributed by atoms with Crippen molar-refractivity contribution in [1.29, 1.82) is 0 Å². The molecular weight excluding hydrogens is 212 g/mol. The van der Waals surface area contributed by atoms with Crippen molar-refractivity contribution in [2.24, 2.45) is 5.73 Å². The van der Waals surface area contributed by atoms with E-state index in [0.717, 1.165) is 11.1 Å². The number of halogens is 3. The largest absolute Gasteiger partial charge is 0.322 e. The molecule has 1 nitrogen and oxygen atoms in total. The highest BCUT2D eigenvalue weighted by Crippen LogP contribution is 2.19. The Hall–Kier alpha value is -0.310. The standard InChI is InChI=1S/C9H11ClFN.ClH/c1-6-4-7(9(12)5-11)2-3-8(6)10;/h2-4,9H,5,12H2,1H3;1H/t9-;/m1./s1. The Bertz CT molecular complexity index is 278. The van der Waals surface area contributed by atoms with E-state index >= 15 is 0 Å². The highest BCUT2D eigenvalue weighted by molar-refractivity contribution is 6.31. The lowest BCUT2D eigenvalue weighted by molar-refractivity contribution is 0.437. The quantitative estimate of drug-likeness (QED) is 0.820. The third kappa shape index (κ3) is 3.14. The van der Waals surface area contributed by atoms with Crippen LogP contribution in [0.25, 0.3) is 0 Å². The van der Waals surface area contributed by atoms with Crippen LogP contribution < -0.4 is 5.73 Å². The maximum absolute atomic E-state index is 12.1. The van der Waals surface area contributed by atoms with Crippen LogP contribution in [0, 0.1) is 6.92 Å². The third-order valence-corrected chi connectivity index (χ3v) is 2.20. The van der Waals surface area contributed by atoms with E-state index in [1.54, 1.807) is 12.1 Å². The van der Waals surface area contributed by atoms with Gasteiger partial charge in [-0.1, -0.05) is 23.7 Å². The second kappa shape index (κ2) is 5.43. The van der Waals surface area contributed by atoms with Crippen LogP contribution in [0.3, 0.4) is 0 Å². The molecule has 0 radical (unpaired) electrons. The summed E-state index contributed by atoms with van der Waals surface area (Å²) < 4.78 is 12.1. The second-order valence-corrected chi connectivity index (χ2v) is 3.18. The lowest BCUT2D eigenvalue weighted by Gasteiger charge is -2.08. The molecule has 0 aliphatic carbocycles. The van der Waals surface area contributed by atoms with E-state index in [1.807, 2.05) is 13.0 Å². The van der Waals surface area contributed by atoms with Gasteiger partial charge in [0.15, 0.2) is 0 Å². The molecule has 0 saturated carbocycles. The molecule has 0 fully saturated rings. The second-order valence-electron chi connectivity index (χ2n) is 2.77. The van der Waals surface area contributed by atoms with E-state index in [2.05, 4.69) is 0 Å². The molecule has 1 aromatic carbocycles. The van der Waals surface area contributed by atoms with Gasteiger partial charge < -0.3 is 5.73 Å². The van der Waals surface area contributed by atoms with Gasteiger partial charge in [0.05, 0.1) is 6.04 Å². The number of rotatable bonds is 2. The van der Waals surface area contributed by atoms with Gasteiger partial charge in [-0.25, -0.2) is 4.39 Å². The van der Waals surface area contributed by atoms with Gasteiger partial charge in [-0.05, 0) is 24.1 Å². The molecule has 0 heterocycles.